The van der Waals surface area contributed by atoms with Gasteiger partial charge in [0, 0.05) is 6.42 Å². The van der Waals surface area contributed by atoms with Gasteiger partial charge in [-0.2, -0.15) is 0 Å². The Balaban J connectivity index is 2.16. The van der Waals surface area contributed by atoms with Gasteiger partial charge in [0.1, 0.15) is 0 Å². The zero-order valence-corrected chi connectivity index (χ0v) is 9.70. The summed E-state index contributed by atoms with van der Waals surface area (Å²) in [6.07, 6.45) is 10.9. The first-order valence-corrected chi connectivity index (χ1v) is 6.09. The lowest BCUT2D eigenvalue weighted by Crippen LogP contribution is -2.20. The van der Waals surface area contributed by atoms with E-state index in [0.29, 0.717) is 23.5 Å². The minimum atomic E-state index is 0.393. The average molecular weight is 204 g/mol. The van der Waals surface area contributed by atoms with Crippen molar-refractivity contribution in [3.05, 3.63) is 23.8 Å². The SMILES string of the molecule is CC1C=CCC(C)C1C=C1CCCC1=O. The highest BCUT2D eigenvalue weighted by molar-refractivity contribution is 5.97. The van der Waals surface area contributed by atoms with Gasteiger partial charge in [-0.3, -0.25) is 4.79 Å². The maximum absolute atomic E-state index is 11.6. The second kappa shape index (κ2) is 4.34. The third-order valence-corrected chi connectivity index (χ3v) is 3.81. The van der Waals surface area contributed by atoms with E-state index in [2.05, 4.69) is 32.1 Å². The van der Waals surface area contributed by atoms with Gasteiger partial charge in [-0.15, -0.1) is 0 Å². The Morgan fingerprint density at radius 1 is 1.33 bits per heavy atom. The summed E-state index contributed by atoms with van der Waals surface area (Å²) in [4.78, 5) is 11.6. The van der Waals surface area contributed by atoms with Crippen LogP contribution in [-0.4, -0.2) is 5.78 Å². The van der Waals surface area contributed by atoms with E-state index >= 15 is 0 Å². The van der Waals surface area contributed by atoms with E-state index in [4.69, 9.17) is 0 Å². The maximum atomic E-state index is 11.6. The fourth-order valence-electron chi connectivity index (χ4n) is 2.78. The summed E-state index contributed by atoms with van der Waals surface area (Å²) in [6, 6.07) is 0. The summed E-state index contributed by atoms with van der Waals surface area (Å²) in [5.41, 5.74) is 1.11. The van der Waals surface area contributed by atoms with Gasteiger partial charge in [0.25, 0.3) is 0 Å². The Morgan fingerprint density at radius 2 is 2.13 bits per heavy atom. The van der Waals surface area contributed by atoms with E-state index < -0.39 is 0 Å². The van der Waals surface area contributed by atoms with Gasteiger partial charge >= 0.3 is 0 Å². The first-order chi connectivity index (χ1) is 7.18. The molecule has 2 aliphatic rings. The lowest BCUT2D eigenvalue weighted by Gasteiger charge is -2.28. The van der Waals surface area contributed by atoms with Crippen LogP contribution in [0, 0.1) is 17.8 Å². The Hall–Kier alpha value is -0.850. The van der Waals surface area contributed by atoms with Gasteiger partial charge in [-0.25, -0.2) is 0 Å². The van der Waals surface area contributed by atoms with Crippen LogP contribution < -0.4 is 0 Å². The molecule has 1 fully saturated rings. The highest BCUT2D eigenvalue weighted by atomic mass is 16.1. The predicted octanol–water partition coefficient (Wildman–Crippen LogP) is 3.51. The van der Waals surface area contributed by atoms with Gasteiger partial charge in [-0.1, -0.05) is 32.1 Å². The molecule has 0 N–H and O–H groups in total. The molecule has 0 aromatic rings. The molecule has 2 aliphatic carbocycles. The molecule has 0 spiro atoms. The first kappa shape index (κ1) is 10.7. The number of hydrogen-bond donors (Lipinski definition) is 0. The first-order valence-electron chi connectivity index (χ1n) is 6.09. The van der Waals surface area contributed by atoms with Gasteiger partial charge in [0.15, 0.2) is 5.78 Å². The van der Waals surface area contributed by atoms with E-state index in [1.54, 1.807) is 0 Å². The van der Waals surface area contributed by atoms with Crippen molar-refractivity contribution < 1.29 is 4.79 Å². The minimum absolute atomic E-state index is 0.393. The van der Waals surface area contributed by atoms with Crippen molar-refractivity contribution in [3.63, 3.8) is 0 Å². The lowest BCUT2D eigenvalue weighted by molar-refractivity contribution is -0.114. The maximum Gasteiger partial charge on any atom is 0.158 e. The summed E-state index contributed by atoms with van der Waals surface area (Å²) < 4.78 is 0. The normalized spacial score (nSPS) is 38.9. The lowest BCUT2D eigenvalue weighted by atomic mass is 9.76. The Labute approximate surface area is 92.3 Å². The van der Waals surface area contributed by atoms with E-state index in [9.17, 15) is 4.79 Å². The summed E-state index contributed by atoms with van der Waals surface area (Å²) in [6.45, 7) is 4.55. The Kier molecular flexibility index (Phi) is 3.08. The molecule has 1 nitrogen and oxygen atoms in total. The van der Waals surface area contributed by atoms with Crippen LogP contribution in [-0.2, 0) is 4.79 Å². The fraction of sp³-hybridized carbons (Fsp3) is 0.643. The number of Topliss-reactive ketones (excluding diaryl/α,β-unsaturated/α-hetero) is 1. The van der Waals surface area contributed by atoms with Crippen molar-refractivity contribution in [2.24, 2.45) is 17.8 Å². The molecule has 0 heterocycles. The zero-order chi connectivity index (χ0) is 10.8. The number of hydrogen-bond acceptors (Lipinski definition) is 1. The molecular weight excluding hydrogens is 184 g/mol. The smallest absolute Gasteiger partial charge is 0.158 e. The molecule has 0 aromatic heterocycles. The molecule has 0 aliphatic heterocycles. The summed E-state index contributed by atoms with van der Waals surface area (Å²) >= 11 is 0. The van der Waals surface area contributed by atoms with Crippen LogP contribution >= 0.6 is 0 Å². The van der Waals surface area contributed by atoms with Crippen molar-refractivity contribution in [2.45, 2.75) is 39.5 Å². The molecule has 3 unspecified atom stereocenters. The summed E-state index contributed by atoms with van der Waals surface area (Å²) in [5, 5.41) is 0. The number of ketones is 1. The van der Waals surface area contributed by atoms with Crippen LogP contribution in [0.3, 0.4) is 0 Å². The largest absolute Gasteiger partial charge is 0.295 e. The van der Waals surface area contributed by atoms with Crippen LogP contribution in [0.1, 0.15) is 39.5 Å². The molecule has 0 bridgehead atoms. The quantitative estimate of drug-likeness (QED) is 0.472. The number of allylic oxidation sites excluding steroid dienone is 4. The molecule has 1 saturated carbocycles. The average Bonchev–Trinajstić information content (AvgIpc) is 2.58. The number of carbonyl (C=O) groups is 1. The van der Waals surface area contributed by atoms with E-state index in [0.717, 1.165) is 31.3 Å². The molecule has 0 radical (unpaired) electrons. The van der Waals surface area contributed by atoms with E-state index in [1.807, 2.05) is 0 Å². The standard InChI is InChI=1S/C14H20O/c1-10-5-3-6-11(2)13(10)9-12-7-4-8-14(12)15/h3,5,9-11,13H,4,6-8H2,1-2H3. The topological polar surface area (TPSA) is 17.1 Å². The van der Waals surface area contributed by atoms with Crippen LogP contribution in [0.2, 0.25) is 0 Å². The highest BCUT2D eigenvalue weighted by Gasteiger charge is 2.25. The molecule has 2 rings (SSSR count). The van der Waals surface area contributed by atoms with Crippen molar-refractivity contribution in [3.8, 4) is 0 Å². The minimum Gasteiger partial charge on any atom is -0.295 e. The Morgan fingerprint density at radius 3 is 2.73 bits per heavy atom. The molecule has 1 heteroatoms. The number of carbonyl (C=O) groups excluding carboxylic acids is 1. The van der Waals surface area contributed by atoms with Crippen LogP contribution in [0.25, 0.3) is 0 Å². The zero-order valence-electron chi connectivity index (χ0n) is 9.70. The van der Waals surface area contributed by atoms with Gasteiger partial charge in [0.2, 0.25) is 0 Å². The van der Waals surface area contributed by atoms with Crippen LogP contribution in [0.4, 0.5) is 0 Å². The van der Waals surface area contributed by atoms with Crippen molar-refractivity contribution in [1.29, 1.82) is 0 Å². The molecule has 0 saturated heterocycles. The predicted molar refractivity (Wildman–Crippen MR) is 62.5 cm³/mol. The molecule has 0 aromatic carbocycles. The fourth-order valence-corrected chi connectivity index (χ4v) is 2.78. The molecule has 15 heavy (non-hydrogen) atoms. The highest BCUT2D eigenvalue weighted by Crippen LogP contribution is 2.33. The van der Waals surface area contributed by atoms with Crippen molar-refractivity contribution in [2.75, 3.05) is 0 Å². The summed E-state index contributed by atoms with van der Waals surface area (Å²) in [7, 11) is 0. The van der Waals surface area contributed by atoms with Crippen molar-refractivity contribution in [1.82, 2.24) is 0 Å². The van der Waals surface area contributed by atoms with Crippen LogP contribution in [0.5, 0.6) is 0 Å². The second-order valence-electron chi connectivity index (χ2n) is 5.05. The number of rotatable bonds is 1. The third kappa shape index (κ3) is 2.22. The molecule has 3 atom stereocenters. The van der Waals surface area contributed by atoms with E-state index in [-0.39, 0.29) is 0 Å². The van der Waals surface area contributed by atoms with Crippen LogP contribution in [0.15, 0.2) is 23.8 Å². The van der Waals surface area contributed by atoms with Gasteiger partial charge < -0.3 is 0 Å². The molecule has 0 amide bonds. The third-order valence-electron chi connectivity index (χ3n) is 3.81. The van der Waals surface area contributed by atoms with Crippen molar-refractivity contribution >= 4 is 5.78 Å². The van der Waals surface area contributed by atoms with E-state index in [1.165, 1.54) is 0 Å². The summed E-state index contributed by atoms with van der Waals surface area (Å²) in [5.74, 6) is 2.25. The Bertz CT molecular complexity index is 311. The van der Waals surface area contributed by atoms with Gasteiger partial charge in [-0.05, 0) is 42.6 Å². The molecule has 82 valence electrons. The second-order valence-corrected chi connectivity index (χ2v) is 5.05. The molecular formula is C14H20O. The van der Waals surface area contributed by atoms with Gasteiger partial charge in [0.05, 0.1) is 0 Å². The monoisotopic (exact) mass is 204 g/mol.